The van der Waals surface area contributed by atoms with Crippen LogP contribution in [0.3, 0.4) is 0 Å². The van der Waals surface area contributed by atoms with Gasteiger partial charge in [0.25, 0.3) is 17.4 Å². The minimum absolute atomic E-state index is 0.0694. The van der Waals surface area contributed by atoms with E-state index in [2.05, 4.69) is 10.4 Å². The van der Waals surface area contributed by atoms with Crippen LogP contribution in [0.5, 0.6) is 0 Å². The topological polar surface area (TPSA) is 89.2 Å². The monoisotopic (exact) mass is 331 g/mol. The highest BCUT2D eigenvalue weighted by Crippen LogP contribution is 2.27. The van der Waals surface area contributed by atoms with Crippen molar-refractivity contribution in [2.75, 3.05) is 20.6 Å². The molecule has 0 spiro atoms. The highest BCUT2D eigenvalue weighted by molar-refractivity contribution is 6.07. The molecule has 3 heterocycles. The lowest BCUT2D eigenvalue weighted by molar-refractivity contribution is 0.0818. The first kappa shape index (κ1) is 16.2. The molecule has 2 aromatic heterocycles. The number of carbonyl (C=O) groups is 2. The quantitative estimate of drug-likeness (QED) is 0.881. The third-order valence-corrected chi connectivity index (χ3v) is 4.24. The van der Waals surface area contributed by atoms with Crippen molar-refractivity contribution in [3.63, 3.8) is 0 Å². The minimum atomic E-state index is -0.298. The maximum absolute atomic E-state index is 12.8. The lowest BCUT2D eigenvalue weighted by atomic mass is 10.2. The van der Waals surface area contributed by atoms with Crippen molar-refractivity contribution >= 4 is 22.7 Å². The van der Waals surface area contributed by atoms with E-state index < -0.39 is 0 Å². The van der Waals surface area contributed by atoms with Gasteiger partial charge < -0.3 is 14.8 Å². The third kappa shape index (κ3) is 2.21. The molecule has 0 saturated heterocycles. The van der Waals surface area contributed by atoms with Crippen LogP contribution in [0.1, 0.15) is 53.8 Å². The van der Waals surface area contributed by atoms with Crippen LogP contribution in [0.2, 0.25) is 0 Å². The van der Waals surface area contributed by atoms with Crippen molar-refractivity contribution in [1.82, 2.24) is 24.6 Å². The predicted octanol–water partition coefficient (Wildman–Crippen LogP) is 0.785. The second-order valence-electron chi connectivity index (χ2n) is 6.61. The maximum atomic E-state index is 12.8. The second-order valence-corrected chi connectivity index (χ2v) is 6.61. The molecule has 1 aliphatic rings. The van der Waals surface area contributed by atoms with E-state index in [1.54, 1.807) is 24.7 Å². The first-order chi connectivity index (χ1) is 11.2. The Morgan fingerprint density at radius 2 is 2.04 bits per heavy atom. The van der Waals surface area contributed by atoms with Crippen molar-refractivity contribution in [3.05, 3.63) is 27.8 Å². The Balaban J connectivity index is 2.48. The van der Waals surface area contributed by atoms with Crippen molar-refractivity contribution in [1.29, 1.82) is 0 Å². The molecule has 0 aromatic carbocycles. The van der Waals surface area contributed by atoms with Gasteiger partial charge in [0.1, 0.15) is 5.69 Å². The summed E-state index contributed by atoms with van der Waals surface area (Å²) in [7, 11) is 3.27. The largest absolute Gasteiger partial charge is 0.349 e. The third-order valence-electron chi connectivity index (χ3n) is 4.24. The fourth-order valence-electron chi connectivity index (χ4n) is 3.01. The lowest BCUT2D eigenvalue weighted by Crippen LogP contribution is -2.38. The van der Waals surface area contributed by atoms with E-state index >= 15 is 0 Å². The standard InChI is InChI=1S/C16H21N5O3/c1-8(2)21-15(23)10-6-11-14(22)17-7-9(3)20(11)13(10)12(18-21)16(24)19(4)5/h6,8-9H,7H2,1-5H3,(H,17,22). The number of nitrogens with one attached hydrogen (secondary N) is 1. The highest BCUT2D eigenvalue weighted by atomic mass is 16.2. The summed E-state index contributed by atoms with van der Waals surface area (Å²) in [5, 5.41) is 7.46. The number of rotatable bonds is 2. The van der Waals surface area contributed by atoms with E-state index in [0.29, 0.717) is 23.1 Å². The number of fused-ring (bicyclic) bond motifs is 3. The summed E-state index contributed by atoms with van der Waals surface area (Å²) in [6, 6.07) is 1.30. The smallest absolute Gasteiger partial charge is 0.276 e. The van der Waals surface area contributed by atoms with Gasteiger partial charge in [-0.3, -0.25) is 14.4 Å². The van der Waals surface area contributed by atoms with Gasteiger partial charge in [-0.05, 0) is 26.8 Å². The van der Waals surface area contributed by atoms with E-state index in [4.69, 9.17) is 0 Å². The summed E-state index contributed by atoms with van der Waals surface area (Å²) in [5.74, 6) is -0.545. The van der Waals surface area contributed by atoms with E-state index in [0.717, 1.165) is 0 Å². The van der Waals surface area contributed by atoms with Gasteiger partial charge in [-0.2, -0.15) is 5.10 Å². The molecule has 3 rings (SSSR count). The summed E-state index contributed by atoms with van der Waals surface area (Å²) in [4.78, 5) is 39.0. The van der Waals surface area contributed by atoms with Crippen molar-refractivity contribution in [2.45, 2.75) is 32.9 Å². The van der Waals surface area contributed by atoms with Gasteiger partial charge in [0.2, 0.25) is 0 Å². The molecule has 2 aromatic rings. The van der Waals surface area contributed by atoms with Gasteiger partial charge in [0.15, 0.2) is 5.69 Å². The molecule has 1 N–H and O–H groups in total. The van der Waals surface area contributed by atoms with Crippen LogP contribution in [-0.2, 0) is 0 Å². The number of hydrogen-bond donors (Lipinski definition) is 1. The van der Waals surface area contributed by atoms with Gasteiger partial charge in [0, 0.05) is 26.7 Å². The van der Waals surface area contributed by atoms with Crippen molar-refractivity contribution in [2.24, 2.45) is 0 Å². The second kappa shape index (κ2) is 5.47. The number of hydrogen-bond acceptors (Lipinski definition) is 4. The summed E-state index contributed by atoms with van der Waals surface area (Å²) >= 11 is 0. The molecule has 1 unspecified atom stereocenters. The highest BCUT2D eigenvalue weighted by Gasteiger charge is 2.30. The Bertz CT molecular complexity index is 907. The van der Waals surface area contributed by atoms with Crippen molar-refractivity contribution < 1.29 is 9.59 Å². The molecule has 128 valence electrons. The summed E-state index contributed by atoms with van der Waals surface area (Å²) in [6.45, 7) is 6.03. The molecule has 2 amide bonds. The predicted molar refractivity (Wildman–Crippen MR) is 89.4 cm³/mol. The Morgan fingerprint density at radius 1 is 1.38 bits per heavy atom. The maximum Gasteiger partial charge on any atom is 0.276 e. The molecule has 0 aliphatic carbocycles. The molecule has 24 heavy (non-hydrogen) atoms. The molecule has 8 heteroatoms. The SMILES string of the molecule is CC(C)n1nc(C(=O)N(C)C)c2c(cc3n2C(C)CNC3=O)c1=O. The fourth-order valence-corrected chi connectivity index (χ4v) is 3.01. The Labute approximate surface area is 139 Å². The number of amides is 2. The van der Waals surface area contributed by atoms with Crippen LogP contribution in [0.15, 0.2) is 10.9 Å². The zero-order valence-electron chi connectivity index (χ0n) is 14.5. The molecular formula is C16H21N5O3. The number of carbonyl (C=O) groups excluding carboxylic acids is 2. The van der Waals surface area contributed by atoms with Gasteiger partial charge >= 0.3 is 0 Å². The van der Waals surface area contributed by atoms with Crippen LogP contribution in [0, 0.1) is 0 Å². The Kier molecular flexibility index (Phi) is 3.70. The normalized spacial score (nSPS) is 17.1. The van der Waals surface area contributed by atoms with Crippen molar-refractivity contribution in [3.8, 4) is 0 Å². The molecule has 0 radical (unpaired) electrons. The lowest BCUT2D eigenvalue weighted by Gasteiger charge is -2.25. The first-order valence-corrected chi connectivity index (χ1v) is 7.91. The van der Waals surface area contributed by atoms with Crippen LogP contribution >= 0.6 is 0 Å². The molecular weight excluding hydrogens is 310 g/mol. The van der Waals surface area contributed by atoms with Gasteiger partial charge in [0.05, 0.1) is 16.9 Å². The molecule has 1 aliphatic heterocycles. The Morgan fingerprint density at radius 3 is 2.62 bits per heavy atom. The average molecular weight is 331 g/mol. The van der Waals surface area contributed by atoms with Crippen LogP contribution in [0.25, 0.3) is 10.9 Å². The van der Waals surface area contributed by atoms with Crippen LogP contribution < -0.4 is 10.9 Å². The van der Waals surface area contributed by atoms with E-state index in [1.165, 1.54) is 9.58 Å². The average Bonchev–Trinajstić information content (AvgIpc) is 2.93. The van der Waals surface area contributed by atoms with Gasteiger partial charge in [-0.1, -0.05) is 0 Å². The molecule has 0 saturated carbocycles. The minimum Gasteiger partial charge on any atom is -0.349 e. The van der Waals surface area contributed by atoms with E-state index in [9.17, 15) is 14.4 Å². The van der Waals surface area contributed by atoms with Crippen LogP contribution in [-0.4, -0.2) is 51.7 Å². The van der Waals surface area contributed by atoms with Crippen LogP contribution in [0.4, 0.5) is 0 Å². The number of aromatic nitrogens is 3. The van der Waals surface area contributed by atoms with Gasteiger partial charge in [-0.15, -0.1) is 0 Å². The van der Waals surface area contributed by atoms with E-state index in [-0.39, 0.29) is 35.2 Å². The summed E-state index contributed by atoms with van der Waals surface area (Å²) in [5.41, 5.74) is 0.721. The Hall–Kier alpha value is -2.64. The molecule has 1 atom stereocenters. The van der Waals surface area contributed by atoms with Gasteiger partial charge in [-0.25, -0.2) is 4.68 Å². The molecule has 8 nitrogen and oxygen atoms in total. The summed E-state index contributed by atoms with van der Waals surface area (Å²) in [6.07, 6.45) is 0. The number of nitrogens with zero attached hydrogens (tertiary/aromatic N) is 4. The first-order valence-electron chi connectivity index (χ1n) is 7.91. The molecule has 0 fully saturated rings. The molecule has 0 bridgehead atoms. The zero-order valence-corrected chi connectivity index (χ0v) is 14.5. The van der Waals surface area contributed by atoms with E-state index in [1.807, 2.05) is 20.8 Å². The summed E-state index contributed by atoms with van der Waals surface area (Å²) < 4.78 is 3.05. The zero-order chi connectivity index (χ0) is 17.8. The fraction of sp³-hybridized carbons (Fsp3) is 0.500.